The molecule has 0 N–H and O–H groups in total. The van der Waals surface area contributed by atoms with Gasteiger partial charge in [0.25, 0.3) is 0 Å². The van der Waals surface area contributed by atoms with Crippen LogP contribution in [0.1, 0.15) is 65.8 Å². The van der Waals surface area contributed by atoms with Crippen molar-refractivity contribution in [3.05, 3.63) is 215 Å². The zero-order valence-electron chi connectivity index (χ0n) is 38.6. The average molecular weight is 981 g/mol. The van der Waals surface area contributed by atoms with E-state index in [1.54, 1.807) is 121 Å². The van der Waals surface area contributed by atoms with Crippen molar-refractivity contribution in [2.24, 2.45) is 0 Å². The van der Waals surface area contributed by atoms with Crippen LogP contribution in [-0.2, 0) is 54.0 Å². The molecule has 3 fully saturated rings. The molecule has 3 aliphatic rings. The van der Waals surface area contributed by atoms with Gasteiger partial charge in [0, 0.05) is 5.56 Å². The average Bonchev–Trinajstić information content (AvgIpc) is 3.42. The number of esters is 4. The van der Waals surface area contributed by atoms with E-state index in [2.05, 4.69) is 0 Å². The van der Waals surface area contributed by atoms with Crippen LogP contribution >= 0.6 is 11.8 Å². The first-order valence-corrected chi connectivity index (χ1v) is 24.4. The van der Waals surface area contributed by atoms with Crippen LogP contribution < -0.4 is 0 Å². The number of hydrogen-bond acceptors (Lipinski definition) is 15. The molecule has 0 aromatic heterocycles. The topological polar surface area (TPSA) is 161 Å². The number of thioether (sulfide) groups is 1. The van der Waals surface area contributed by atoms with E-state index in [1.165, 1.54) is 11.8 Å². The Balaban J connectivity index is 1.14. The summed E-state index contributed by atoms with van der Waals surface area (Å²) in [7, 11) is 0. The zero-order chi connectivity index (χ0) is 48.9. The monoisotopic (exact) mass is 980 g/mol. The van der Waals surface area contributed by atoms with Crippen LogP contribution in [0, 0.1) is 0 Å². The van der Waals surface area contributed by atoms with Crippen molar-refractivity contribution < 1.29 is 66.5 Å². The molecule has 0 amide bonds. The quantitative estimate of drug-likeness (QED) is 0.0630. The summed E-state index contributed by atoms with van der Waals surface area (Å²) in [5.41, 5.74) is 1.52. The van der Waals surface area contributed by atoms with Crippen molar-refractivity contribution in [2.75, 3.05) is 19.0 Å². The van der Waals surface area contributed by atoms with Gasteiger partial charge in [-0.05, 0) is 59.8 Å². The van der Waals surface area contributed by atoms with Crippen molar-refractivity contribution in [1.29, 1.82) is 0 Å². The molecule has 71 heavy (non-hydrogen) atoms. The van der Waals surface area contributed by atoms with Crippen molar-refractivity contribution in [1.82, 2.24) is 0 Å². The smallest absolute Gasteiger partial charge is 0.338 e. The second-order valence-electron chi connectivity index (χ2n) is 16.8. The van der Waals surface area contributed by atoms with Gasteiger partial charge in [-0.3, -0.25) is 0 Å². The molecule has 0 bridgehead atoms. The molecule has 11 atom stereocenters. The van der Waals surface area contributed by atoms with Gasteiger partial charge in [0.2, 0.25) is 0 Å². The fourth-order valence-corrected chi connectivity index (χ4v) is 9.47. The Morgan fingerprint density at radius 3 is 1.46 bits per heavy atom. The van der Waals surface area contributed by atoms with Crippen LogP contribution in [0.4, 0.5) is 0 Å². The molecule has 6 aromatic carbocycles. The first-order valence-electron chi connectivity index (χ1n) is 23.4. The molecular weight excluding hydrogens is 929 g/mol. The second kappa shape index (κ2) is 23.9. The van der Waals surface area contributed by atoms with Crippen molar-refractivity contribution in [3.8, 4) is 0 Å². The number of carbonyl (C=O) groups is 4. The van der Waals surface area contributed by atoms with Crippen molar-refractivity contribution in [3.63, 3.8) is 0 Å². The van der Waals surface area contributed by atoms with Crippen molar-refractivity contribution in [2.45, 2.75) is 80.4 Å². The van der Waals surface area contributed by atoms with Gasteiger partial charge in [0.05, 0.1) is 42.1 Å². The summed E-state index contributed by atoms with van der Waals surface area (Å²) in [6.45, 7) is 1.90. The Labute approximate surface area is 415 Å². The summed E-state index contributed by atoms with van der Waals surface area (Å²) in [6.07, 6.45) is -12.7. The summed E-state index contributed by atoms with van der Waals surface area (Å²) < 4.78 is 65.5. The third-order valence-electron chi connectivity index (χ3n) is 12.0. The normalized spacial score (nSPS) is 26.0. The number of rotatable bonds is 17. The third kappa shape index (κ3) is 12.3. The molecule has 14 nitrogen and oxygen atoms in total. The van der Waals surface area contributed by atoms with Gasteiger partial charge in [0.1, 0.15) is 29.9 Å². The third-order valence-corrected chi connectivity index (χ3v) is 13.0. The number of hydrogen-bond donors (Lipinski definition) is 0. The van der Waals surface area contributed by atoms with Crippen LogP contribution in [0.3, 0.4) is 0 Å². The van der Waals surface area contributed by atoms with Gasteiger partial charge in [-0.15, -0.1) is 11.8 Å². The largest absolute Gasteiger partial charge is 0.452 e. The summed E-state index contributed by atoms with van der Waals surface area (Å²) >= 11 is 1.34. The summed E-state index contributed by atoms with van der Waals surface area (Å²) in [5.74, 6) is -2.47. The summed E-state index contributed by atoms with van der Waals surface area (Å²) in [4.78, 5) is 57.0. The van der Waals surface area contributed by atoms with E-state index in [-0.39, 0.29) is 42.1 Å². The summed E-state index contributed by atoms with van der Waals surface area (Å²) in [5, 5.41) is 0. The molecule has 3 saturated heterocycles. The van der Waals surface area contributed by atoms with E-state index in [4.69, 9.17) is 47.4 Å². The fourth-order valence-electron chi connectivity index (χ4n) is 8.52. The lowest BCUT2D eigenvalue weighted by atomic mass is 9.95. The lowest BCUT2D eigenvalue weighted by Crippen LogP contribution is -2.67. The van der Waals surface area contributed by atoms with Gasteiger partial charge >= 0.3 is 23.9 Å². The molecule has 0 aliphatic carbocycles. The molecule has 366 valence electrons. The van der Waals surface area contributed by atoms with Crippen LogP contribution in [0.15, 0.2) is 182 Å². The Morgan fingerprint density at radius 1 is 0.507 bits per heavy atom. The number of ether oxygens (including phenoxy) is 10. The van der Waals surface area contributed by atoms with Gasteiger partial charge in [-0.1, -0.05) is 140 Å². The molecule has 0 radical (unpaired) electrons. The Kier molecular flexibility index (Phi) is 16.6. The lowest BCUT2D eigenvalue weighted by Gasteiger charge is -2.50. The minimum Gasteiger partial charge on any atom is -0.452 e. The maximum atomic E-state index is 14.3. The Morgan fingerprint density at radius 2 is 0.958 bits per heavy atom. The maximum Gasteiger partial charge on any atom is 0.338 e. The summed E-state index contributed by atoms with van der Waals surface area (Å²) in [6, 6.07) is 52.2. The fraction of sp³-hybridized carbons (Fsp3) is 0.286. The van der Waals surface area contributed by atoms with Gasteiger partial charge in [-0.2, -0.15) is 0 Å². The Bertz CT molecular complexity index is 2650. The SMILES string of the molecule is CCS[C@@H]1OC(COCc2ccccc2)[C@@H](O[C@H]2OC3COC(c4ccccc4)O[C@H]3[C@H](OC(=O)c3ccccc3)C2OC(=O)c2ccccc2)[C@H](OC(=O)c2ccccc2)C1OC(=O)c1ccccc1. The predicted molar refractivity (Wildman–Crippen MR) is 259 cm³/mol. The lowest BCUT2D eigenvalue weighted by molar-refractivity contribution is -0.375. The molecule has 5 unspecified atom stereocenters. The highest BCUT2D eigenvalue weighted by Gasteiger charge is 2.58. The molecule has 0 saturated carbocycles. The van der Waals surface area contributed by atoms with Crippen LogP contribution in [0.25, 0.3) is 0 Å². The molecule has 9 rings (SSSR count). The van der Waals surface area contributed by atoms with Crippen molar-refractivity contribution >= 4 is 35.6 Å². The van der Waals surface area contributed by atoms with E-state index in [1.807, 2.05) is 67.6 Å². The Hall–Kier alpha value is -6.69. The van der Waals surface area contributed by atoms with E-state index in [0.29, 0.717) is 11.3 Å². The molecule has 3 heterocycles. The van der Waals surface area contributed by atoms with Crippen LogP contribution in [-0.4, -0.2) is 103 Å². The predicted octanol–water partition coefficient (Wildman–Crippen LogP) is 8.81. The molecule has 6 aromatic rings. The first kappa shape index (κ1) is 49.3. The van der Waals surface area contributed by atoms with Crippen LogP contribution in [0.5, 0.6) is 0 Å². The maximum absolute atomic E-state index is 14.3. The standard InChI is InChI=1S/C56H52O14S/c1-2-71-56-49(68-53(60)40-29-17-7-18-30-40)47(66-51(58)38-25-13-5-14-26-38)44(42(64-56)34-61-33-36-21-9-3-10-22-36)70-55-48(67-52(59)39-27-15-6-16-28-39)46(65-50(57)37-23-11-4-12-24-37)45-43(63-55)35-62-54(69-45)41-31-19-8-20-32-41/h3-32,42-49,54-56H,2,33-35H2,1H3/t42?,43?,44-,45-,46+,47+,48?,49?,54?,55-,56+/m1/s1. The van der Waals surface area contributed by atoms with E-state index < -0.39 is 90.7 Å². The highest BCUT2D eigenvalue weighted by Crippen LogP contribution is 2.41. The number of benzene rings is 6. The number of carbonyl (C=O) groups excluding carboxylic acids is 4. The first-order chi connectivity index (χ1) is 34.8. The van der Waals surface area contributed by atoms with Gasteiger partial charge < -0.3 is 47.4 Å². The van der Waals surface area contributed by atoms with Gasteiger partial charge in [0.15, 0.2) is 37.0 Å². The van der Waals surface area contributed by atoms with Gasteiger partial charge in [-0.25, -0.2) is 19.2 Å². The number of fused-ring (bicyclic) bond motifs is 1. The van der Waals surface area contributed by atoms with E-state index in [0.717, 1.165) is 5.56 Å². The van der Waals surface area contributed by atoms with E-state index >= 15 is 0 Å². The molecular formula is C56H52O14S. The molecule has 3 aliphatic heterocycles. The minimum atomic E-state index is -1.61. The minimum absolute atomic E-state index is 0.0768. The molecule has 15 heteroatoms. The van der Waals surface area contributed by atoms with E-state index in [9.17, 15) is 19.2 Å². The zero-order valence-corrected chi connectivity index (χ0v) is 39.4. The molecule has 0 spiro atoms. The highest BCUT2D eigenvalue weighted by molar-refractivity contribution is 7.99. The van der Waals surface area contributed by atoms with Crippen LogP contribution in [0.2, 0.25) is 0 Å². The second-order valence-corrected chi connectivity index (χ2v) is 18.1. The highest BCUT2D eigenvalue weighted by atomic mass is 32.2.